The molecule has 106 valence electrons. The van der Waals surface area contributed by atoms with Gasteiger partial charge >= 0.3 is 0 Å². The average molecular weight is 319 g/mol. The number of benzene rings is 2. The van der Waals surface area contributed by atoms with Gasteiger partial charge in [0.1, 0.15) is 10.9 Å². The van der Waals surface area contributed by atoms with Crippen molar-refractivity contribution in [3.63, 3.8) is 0 Å². The molecule has 2 aromatic carbocycles. The fraction of sp³-hybridized carbons (Fsp3) is 0.125. The molecule has 3 nitrogen and oxygen atoms in total. The molecule has 0 fully saturated rings. The van der Waals surface area contributed by atoms with Gasteiger partial charge in [0, 0.05) is 16.0 Å². The smallest absolute Gasteiger partial charge is 0.161 e. The minimum atomic E-state index is 0.406. The summed E-state index contributed by atoms with van der Waals surface area (Å²) >= 11 is 12.3. The van der Waals surface area contributed by atoms with E-state index in [1.807, 2.05) is 43.3 Å². The van der Waals surface area contributed by atoms with E-state index in [-0.39, 0.29) is 0 Å². The van der Waals surface area contributed by atoms with E-state index in [2.05, 4.69) is 9.97 Å². The molecule has 0 saturated carbocycles. The summed E-state index contributed by atoms with van der Waals surface area (Å²) in [6.45, 7) is 1.97. The van der Waals surface area contributed by atoms with E-state index in [0.29, 0.717) is 16.0 Å². The number of aromatic nitrogens is 2. The van der Waals surface area contributed by atoms with Crippen LogP contribution in [0.3, 0.4) is 0 Å². The Morgan fingerprint density at radius 3 is 2.52 bits per heavy atom. The summed E-state index contributed by atoms with van der Waals surface area (Å²) in [5, 5.41) is 1.86. The number of halogens is 2. The maximum Gasteiger partial charge on any atom is 0.161 e. The first-order chi connectivity index (χ1) is 10.1. The summed E-state index contributed by atoms with van der Waals surface area (Å²) < 4.78 is 5.20. The van der Waals surface area contributed by atoms with Crippen molar-refractivity contribution < 1.29 is 4.74 Å². The summed E-state index contributed by atoms with van der Waals surface area (Å²) in [5.74, 6) is 1.32. The van der Waals surface area contributed by atoms with Crippen LogP contribution >= 0.6 is 23.2 Å². The van der Waals surface area contributed by atoms with Crippen molar-refractivity contribution in [2.24, 2.45) is 0 Å². The molecule has 3 aromatic rings. The zero-order chi connectivity index (χ0) is 15.0. The molecule has 0 amide bonds. The highest BCUT2D eigenvalue weighted by molar-refractivity contribution is 6.34. The van der Waals surface area contributed by atoms with Gasteiger partial charge in [-0.1, -0.05) is 23.2 Å². The number of fused-ring (bicyclic) bond motifs is 1. The summed E-state index contributed by atoms with van der Waals surface area (Å²) in [6, 6.07) is 11.2. The summed E-state index contributed by atoms with van der Waals surface area (Å²) in [4.78, 5) is 8.97. The van der Waals surface area contributed by atoms with E-state index >= 15 is 0 Å². The molecule has 0 aliphatic carbocycles. The molecule has 21 heavy (non-hydrogen) atoms. The van der Waals surface area contributed by atoms with Gasteiger partial charge in [-0.05, 0) is 48.9 Å². The first-order valence-electron chi connectivity index (χ1n) is 6.36. The molecule has 0 spiro atoms. The van der Waals surface area contributed by atoms with Gasteiger partial charge in [-0.2, -0.15) is 0 Å². The topological polar surface area (TPSA) is 35.0 Å². The van der Waals surface area contributed by atoms with Crippen LogP contribution in [-0.4, -0.2) is 17.1 Å². The molecule has 0 unspecified atom stereocenters. The zero-order valence-electron chi connectivity index (χ0n) is 11.5. The quantitative estimate of drug-likeness (QED) is 0.629. The number of hydrogen-bond donors (Lipinski definition) is 0. The van der Waals surface area contributed by atoms with E-state index < -0.39 is 0 Å². The van der Waals surface area contributed by atoms with E-state index in [9.17, 15) is 0 Å². The average Bonchev–Trinajstić information content (AvgIpc) is 2.47. The van der Waals surface area contributed by atoms with Crippen molar-refractivity contribution >= 4 is 34.1 Å². The Labute approximate surface area is 132 Å². The molecule has 5 heteroatoms. The Hall–Kier alpha value is -1.84. The van der Waals surface area contributed by atoms with Gasteiger partial charge < -0.3 is 4.74 Å². The molecule has 1 aromatic heterocycles. The minimum Gasteiger partial charge on any atom is -0.497 e. The monoisotopic (exact) mass is 318 g/mol. The lowest BCUT2D eigenvalue weighted by molar-refractivity contribution is 0.415. The lowest BCUT2D eigenvalue weighted by atomic mass is 10.1. The van der Waals surface area contributed by atoms with Crippen molar-refractivity contribution in [1.29, 1.82) is 0 Å². The SMILES string of the molecule is COc1ccc2nc(-c3ccc(Cl)cc3C)nc(Cl)c2c1. The normalized spacial score (nSPS) is 10.9. The third-order valence-corrected chi connectivity index (χ3v) is 3.81. The highest BCUT2D eigenvalue weighted by atomic mass is 35.5. The fourth-order valence-corrected chi connectivity index (χ4v) is 2.65. The number of nitrogens with zero attached hydrogens (tertiary/aromatic N) is 2. The van der Waals surface area contributed by atoms with Crippen LogP contribution in [0.1, 0.15) is 5.56 Å². The highest BCUT2D eigenvalue weighted by Gasteiger charge is 2.11. The number of ether oxygens (including phenoxy) is 1. The number of rotatable bonds is 2. The molecule has 0 saturated heterocycles. The third kappa shape index (κ3) is 2.67. The van der Waals surface area contributed by atoms with Gasteiger partial charge in [0.25, 0.3) is 0 Å². The van der Waals surface area contributed by atoms with Crippen LogP contribution < -0.4 is 4.74 Å². The second-order valence-corrected chi connectivity index (χ2v) is 5.47. The Morgan fingerprint density at radius 2 is 1.81 bits per heavy atom. The van der Waals surface area contributed by atoms with Gasteiger partial charge in [0.2, 0.25) is 0 Å². The first-order valence-corrected chi connectivity index (χ1v) is 7.12. The van der Waals surface area contributed by atoms with Crippen LogP contribution in [0, 0.1) is 6.92 Å². The lowest BCUT2D eigenvalue weighted by Gasteiger charge is -2.08. The van der Waals surface area contributed by atoms with Crippen molar-refractivity contribution in [3.8, 4) is 17.1 Å². The molecular formula is C16H12Cl2N2O. The van der Waals surface area contributed by atoms with E-state index in [1.165, 1.54) is 0 Å². The standard InChI is InChI=1S/C16H12Cl2N2O/c1-9-7-10(17)3-5-12(9)16-19-14-6-4-11(21-2)8-13(14)15(18)20-16/h3-8H,1-2H3. The van der Waals surface area contributed by atoms with Crippen LogP contribution in [0.5, 0.6) is 5.75 Å². The van der Waals surface area contributed by atoms with E-state index in [4.69, 9.17) is 27.9 Å². The minimum absolute atomic E-state index is 0.406. The second-order valence-electron chi connectivity index (χ2n) is 4.68. The molecule has 0 N–H and O–H groups in total. The van der Waals surface area contributed by atoms with Crippen molar-refractivity contribution in [1.82, 2.24) is 9.97 Å². The maximum atomic E-state index is 6.29. The largest absolute Gasteiger partial charge is 0.497 e. The Kier molecular flexibility index (Phi) is 3.70. The predicted octanol–water partition coefficient (Wildman–Crippen LogP) is 4.92. The molecule has 0 aliphatic rings. The molecule has 0 radical (unpaired) electrons. The Bertz CT molecular complexity index is 834. The van der Waals surface area contributed by atoms with Crippen LogP contribution in [0.25, 0.3) is 22.3 Å². The van der Waals surface area contributed by atoms with Crippen LogP contribution in [0.4, 0.5) is 0 Å². The first kappa shape index (κ1) is 14.1. The molecule has 1 heterocycles. The summed E-state index contributed by atoms with van der Waals surface area (Å²) in [7, 11) is 1.61. The molecule has 0 atom stereocenters. The lowest BCUT2D eigenvalue weighted by Crippen LogP contribution is -1.94. The number of methoxy groups -OCH3 is 1. The van der Waals surface area contributed by atoms with Gasteiger partial charge in [-0.3, -0.25) is 0 Å². The number of aryl methyl sites for hydroxylation is 1. The third-order valence-electron chi connectivity index (χ3n) is 3.29. The summed E-state index contributed by atoms with van der Waals surface area (Å²) in [6.07, 6.45) is 0. The molecule has 0 aliphatic heterocycles. The molecule has 3 rings (SSSR count). The van der Waals surface area contributed by atoms with Crippen molar-refractivity contribution in [2.45, 2.75) is 6.92 Å². The van der Waals surface area contributed by atoms with Crippen LogP contribution in [-0.2, 0) is 0 Å². The summed E-state index contributed by atoms with van der Waals surface area (Å²) in [5.41, 5.74) is 2.70. The van der Waals surface area contributed by atoms with E-state index in [0.717, 1.165) is 27.8 Å². The second kappa shape index (κ2) is 5.51. The zero-order valence-corrected chi connectivity index (χ0v) is 13.0. The fourth-order valence-electron chi connectivity index (χ4n) is 2.20. The van der Waals surface area contributed by atoms with Crippen molar-refractivity contribution in [3.05, 3.63) is 52.1 Å². The van der Waals surface area contributed by atoms with Gasteiger partial charge in [-0.15, -0.1) is 0 Å². The van der Waals surface area contributed by atoms with Gasteiger partial charge in [-0.25, -0.2) is 9.97 Å². The maximum absolute atomic E-state index is 6.29. The Balaban J connectivity index is 2.20. The Morgan fingerprint density at radius 1 is 1.00 bits per heavy atom. The van der Waals surface area contributed by atoms with Gasteiger partial charge in [0.05, 0.1) is 12.6 Å². The van der Waals surface area contributed by atoms with E-state index in [1.54, 1.807) is 7.11 Å². The van der Waals surface area contributed by atoms with Gasteiger partial charge in [0.15, 0.2) is 5.82 Å². The highest BCUT2D eigenvalue weighted by Crippen LogP contribution is 2.29. The molecular weight excluding hydrogens is 307 g/mol. The predicted molar refractivity (Wildman–Crippen MR) is 86.3 cm³/mol. The number of hydrogen-bond acceptors (Lipinski definition) is 3. The van der Waals surface area contributed by atoms with Crippen LogP contribution in [0.15, 0.2) is 36.4 Å². The molecule has 0 bridgehead atoms. The van der Waals surface area contributed by atoms with Crippen molar-refractivity contribution in [2.75, 3.05) is 7.11 Å². The van der Waals surface area contributed by atoms with Crippen LogP contribution in [0.2, 0.25) is 10.2 Å².